The molecule has 0 atom stereocenters. The Bertz CT molecular complexity index is 1110. The van der Waals surface area contributed by atoms with E-state index in [1.807, 2.05) is 32.0 Å². The zero-order chi connectivity index (χ0) is 21.6. The Morgan fingerprint density at radius 2 is 1.83 bits per heavy atom. The first-order valence-electron chi connectivity index (χ1n) is 9.61. The summed E-state index contributed by atoms with van der Waals surface area (Å²) in [6, 6.07) is 14.0. The third-order valence-corrected chi connectivity index (χ3v) is 7.21. The van der Waals surface area contributed by atoms with Crippen LogP contribution in [0.15, 0.2) is 52.9 Å². The van der Waals surface area contributed by atoms with Gasteiger partial charge in [-0.3, -0.25) is 4.79 Å². The lowest BCUT2D eigenvalue weighted by molar-refractivity contribution is 0.0953. The molecule has 0 saturated carbocycles. The van der Waals surface area contributed by atoms with E-state index in [4.69, 9.17) is 4.74 Å². The van der Waals surface area contributed by atoms with Crippen molar-refractivity contribution in [3.8, 4) is 10.9 Å². The van der Waals surface area contributed by atoms with Crippen LogP contribution >= 0.6 is 11.3 Å². The molecular weight excluding hydrogens is 422 g/mol. The molecule has 0 spiro atoms. The van der Waals surface area contributed by atoms with Gasteiger partial charge >= 0.3 is 5.19 Å². The van der Waals surface area contributed by atoms with Crippen LogP contribution in [-0.2, 0) is 22.0 Å². The van der Waals surface area contributed by atoms with E-state index >= 15 is 0 Å². The Morgan fingerprint density at radius 3 is 2.53 bits per heavy atom. The number of sulfone groups is 1. The molecule has 1 amide bonds. The Hall–Kier alpha value is -2.78. The lowest BCUT2D eigenvalue weighted by Crippen LogP contribution is -2.23. The van der Waals surface area contributed by atoms with E-state index in [0.717, 1.165) is 29.7 Å². The second-order valence-corrected chi connectivity index (χ2v) is 9.75. The van der Waals surface area contributed by atoms with Crippen LogP contribution in [0.2, 0.25) is 0 Å². The molecule has 0 bridgehead atoms. The second-order valence-electron chi connectivity index (χ2n) is 6.65. The number of carbonyl (C=O) groups excluding carboxylic acids is 1. The van der Waals surface area contributed by atoms with Crippen molar-refractivity contribution in [3.05, 3.63) is 65.2 Å². The molecule has 30 heavy (non-hydrogen) atoms. The van der Waals surface area contributed by atoms with Gasteiger partial charge < -0.3 is 10.1 Å². The van der Waals surface area contributed by atoms with Crippen molar-refractivity contribution in [2.75, 3.05) is 6.54 Å². The fourth-order valence-corrected chi connectivity index (χ4v) is 4.94. The summed E-state index contributed by atoms with van der Waals surface area (Å²) < 4.78 is 31.0. The number of ether oxygens (including phenoxy) is 1. The predicted octanol–water partition coefficient (Wildman–Crippen LogP) is 4.01. The van der Waals surface area contributed by atoms with Crippen LogP contribution < -0.4 is 10.1 Å². The van der Waals surface area contributed by atoms with Crippen LogP contribution in [0.25, 0.3) is 0 Å². The van der Waals surface area contributed by atoms with Gasteiger partial charge in [-0.2, -0.15) is 0 Å². The van der Waals surface area contributed by atoms with Gasteiger partial charge in [-0.25, -0.2) is 8.42 Å². The van der Waals surface area contributed by atoms with Gasteiger partial charge in [0, 0.05) is 12.1 Å². The second kappa shape index (κ2) is 9.82. The third-order valence-electron chi connectivity index (χ3n) is 4.27. The largest absolute Gasteiger partial charge is 0.430 e. The maximum Gasteiger partial charge on any atom is 0.300 e. The summed E-state index contributed by atoms with van der Waals surface area (Å²) in [4.78, 5) is 12.0. The highest BCUT2D eigenvalue weighted by Crippen LogP contribution is 2.29. The molecule has 1 N–H and O–H groups in total. The van der Waals surface area contributed by atoms with Crippen molar-refractivity contribution in [1.82, 2.24) is 15.5 Å². The lowest BCUT2D eigenvalue weighted by atomic mass is 10.1. The van der Waals surface area contributed by atoms with Crippen LogP contribution in [0.4, 0.5) is 0 Å². The molecule has 0 unspecified atom stereocenters. The average Bonchev–Trinajstić information content (AvgIpc) is 3.22. The quantitative estimate of drug-likeness (QED) is 0.534. The van der Waals surface area contributed by atoms with Crippen molar-refractivity contribution >= 4 is 27.1 Å². The van der Waals surface area contributed by atoms with E-state index in [1.54, 1.807) is 30.3 Å². The van der Waals surface area contributed by atoms with E-state index in [0.29, 0.717) is 23.4 Å². The highest BCUT2D eigenvalue weighted by Gasteiger charge is 2.22. The summed E-state index contributed by atoms with van der Waals surface area (Å²) in [5, 5.41) is 10.6. The Labute approximate surface area is 180 Å². The first-order chi connectivity index (χ1) is 14.4. The van der Waals surface area contributed by atoms with E-state index < -0.39 is 9.84 Å². The maximum atomic E-state index is 12.7. The number of benzene rings is 2. The van der Waals surface area contributed by atoms with E-state index in [-0.39, 0.29) is 21.2 Å². The normalized spacial score (nSPS) is 11.3. The molecular formula is C21H23N3O4S2. The third kappa shape index (κ3) is 5.64. The van der Waals surface area contributed by atoms with Crippen molar-refractivity contribution < 1.29 is 17.9 Å². The van der Waals surface area contributed by atoms with E-state index in [9.17, 15) is 13.2 Å². The fraction of sp³-hybridized carbons (Fsp3) is 0.286. The monoisotopic (exact) mass is 445 g/mol. The van der Waals surface area contributed by atoms with Crippen molar-refractivity contribution in [1.29, 1.82) is 0 Å². The number of nitrogens with one attached hydrogen (secondary N) is 1. The molecule has 3 aromatic rings. The van der Waals surface area contributed by atoms with Crippen molar-refractivity contribution in [2.45, 2.75) is 36.8 Å². The summed E-state index contributed by atoms with van der Waals surface area (Å²) in [6.07, 6.45) is 1.71. The lowest BCUT2D eigenvalue weighted by Gasteiger charge is -2.05. The Kier molecular flexibility index (Phi) is 7.17. The number of aromatic nitrogens is 2. The standard InChI is InChI=1S/C21H23N3O4S2/c1-3-12-22-19(25)17-10-8-16(9-11-17)14-30(26,27)21-24-23-20(29-21)28-18-7-5-6-15(4-2)13-18/h5-11,13H,3-4,12,14H2,1-2H3,(H,22,25). The van der Waals surface area contributed by atoms with Gasteiger partial charge in [0.1, 0.15) is 5.75 Å². The SMILES string of the molecule is CCCNC(=O)c1ccc(CS(=O)(=O)c2nnc(Oc3cccc(CC)c3)s2)cc1. The van der Waals surface area contributed by atoms with Crippen LogP contribution in [-0.4, -0.2) is 31.1 Å². The summed E-state index contributed by atoms with van der Waals surface area (Å²) in [6.45, 7) is 4.61. The average molecular weight is 446 g/mol. The molecule has 1 heterocycles. The topological polar surface area (TPSA) is 98.2 Å². The molecule has 0 saturated heterocycles. The van der Waals surface area contributed by atoms with Gasteiger partial charge in [0.05, 0.1) is 5.75 Å². The highest BCUT2D eigenvalue weighted by molar-refractivity contribution is 7.92. The molecule has 0 aliphatic carbocycles. The molecule has 0 aliphatic rings. The molecule has 7 nitrogen and oxygen atoms in total. The Balaban J connectivity index is 1.68. The van der Waals surface area contributed by atoms with Gasteiger partial charge in [-0.05, 0) is 59.6 Å². The van der Waals surface area contributed by atoms with Crippen LogP contribution in [0.3, 0.4) is 0 Å². The van der Waals surface area contributed by atoms with Gasteiger partial charge in [0.25, 0.3) is 5.91 Å². The smallest absolute Gasteiger partial charge is 0.300 e. The molecule has 0 fully saturated rings. The number of rotatable bonds is 9. The molecule has 158 valence electrons. The number of carbonyl (C=O) groups is 1. The zero-order valence-electron chi connectivity index (χ0n) is 16.8. The van der Waals surface area contributed by atoms with Gasteiger partial charge in [0.15, 0.2) is 0 Å². The highest BCUT2D eigenvalue weighted by atomic mass is 32.2. The summed E-state index contributed by atoms with van der Waals surface area (Å²) in [7, 11) is -3.68. The first kappa shape index (κ1) is 21.9. The molecule has 9 heteroatoms. The molecule has 0 radical (unpaired) electrons. The molecule has 0 aliphatic heterocycles. The van der Waals surface area contributed by atoms with E-state index in [2.05, 4.69) is 15.5 Å². The minimum Gasteiger partial charge on any atom is -0.430 e. The number of hydrogen-bond acceptors (Lipinski definition) is 7. The van der Waals surface area contributed by atoms with Crippen LogP contribution in [0.5, 0.6) is 10.9 Å². The van der Waals surface area contributed by atoms with Crippen LogP contribution in [0.1, 0.15) is 41.8 Å². The number of aryl methyl sites for hydroxylation is 1. The van der Waals surface area contributed by atoms with Crippen molar-refractivity contribution in [3.63, 3.8) is 0 Å². The van der Waals surface area contributed by atoms with Gasteiger partial charge in [-0.15, -0.1) is 5.10 Å². The van der Waals surface area contributed by atoms with Crippen LogP contribution in [0, 0.1) is 0 Å². The Morgan fingerprint density at radius 1 is 1.07 bits per heavy atom. The van der Waals surface area contributed by atoms with Crippen molar-refractivity contribution in [2.24, 2.45) is 0 Å². The summed E-state index contributed by atoms with van der Waals surface area (Å²) >= 11 is 0.888. The van der Waals surface area contributed by atoms with Gasteiger partial charge in [-0.1, -0.05) is 43.2 Å². The molecule has 3 rings (SSSR count). The summed E-state index contributed by atoms with van der Waals surface area (Å²) in [5.74, 6) is 0.180. The molecule has 1 aromatic heterocycles. The predicted molar refractivity (Wildman–Crippen MR) is 116 cm³/mol. The fourth-order valence-electron chi connectivity index (χ4n) is 2.67. The van der Waals surface area contributed by atoms with Gasteiger partial charge in [0.2, 0.25) is 14.2 Å². The maximum absolute atomic E-state index is 12.7. The first-order valence-corrected chi connectivity index (χ1v) is 12.1. The minimum atomic E-state index is -3.68. The summed E-state index contributed by atoms with van der Waals surface area (Å²) in [5.41, 5.74) is 2.16. The zero-order valence-corrected chi connectivity index (χ0v) is 18.4. The van der Waals surface area contributed by atoms with E-state index in [1.165, 1.54) is 0 Å². The number of hydrogen-bond donors (Lipinski definition) is 1. The number of amides is 1. The number of nitrogens with zero attached hydrogens (tertiary/aromatic N) is 2. The molecule has 2 aromatic carbocycles. The minimum absolute atomic E-state index is 0.103.